The van der Waals surface area contributed by atoms with Gasteiger partial charge in [-0.1, -0.05) is 0 Å². The molecule has 0 bridgehead atoms. The molecule has 0 saturated heterocycles. The molecule has 0 spiro atoms. The fraction of sp³-hybridized carbons (Fsp3) is 0.364. The second-order valence-corrected chi connectivity index (χ2v) is 3.14. The van der Waals surface area contributed by atoms with Crippen LogP contribution in [0.2, 0.25) is 0 Å². The van der Waals surface area contributed by atoms with Gasteiger partial charge in [-0.15, -0.1) is 0 Å². The van der Waals surface area contributed by atoms with E-state index in [1.165, 1.54) is 19.2 Å². The second-order valence-electron chi connectivity index (χ2n) is 3.14. The number of ether oxygens (including phenoxy) is 2. The number of nitrogens with two attached hydrogens (primary N) is 1. The molecule has 1 aromatic carbocycles. The summed E-state index contributed by atoms with van der Waals surface area (Å²) in [7, 11) is 1.44. The second kappa shape index (κ2) is 5.95. The van der Waals surface area contributed by atoms with E-state index in [2.05, 4.69) is 0 Å². The zero-order valence-corrected chi connectivity index (χ0v) is 9.03. The minimum Gasteiger partial charge on any atom is -0.496 e. The minimum absolute atomic E-state index is 0.0584. The highest BCUT2D eigenvalue weighted by Crippen LogP contribution is 2.22. The van der Waals surface area contributed by atoms with Crippen molar-refractivity contribution in [3.8, 4) is 5.75 Å². The van der Waals surface area contributed by atoms with Gasteiger partial charge in [-0.2, -0.15) is 0 Å². The Bertz CT molecular complexity index is 368. The number of methoxy groups -OCH3 is 1. The third-order valence-corrected chi connectivity index (χ3v) is 1.96. The van der Waals surface area contributed by atoms with Crippen LogP contribution in [-0.2, 0) is 4.74 Å². The van der Waals surface area contributed by atoms with Crippen LogP contribution in [0, 0.1) is 0 Å². The average molecular weight is 227 g/mol. The molecule has 0 aromatic heterocycles. The maximum absolute atomic E-state index is 11.8. The smallest absolute Gasteiger partial charge is 0.341 e. The van der Waals surface area contributed by atoms with E-state index in [0.717, 1.165) is 0 Å². The van der Waals surface area contributed by atoms with Crippen LogP contribution in [0.3, 0.4) is 0 Å². The van der Waals surface area contributed by atoms with Gasteiger partial charge in [-0.25, -0.2) is 4.79 Å². The van der Waals surface area contributed by atoms with Crippen molar-refractivity contribution in [2.24, 2.45) is 0 Å². The summed E-state index contributed by atoms with van der Waals surface area (Å²) in [6.45, 7) is -0.449. The molecule has 0 aliphatic heterocycles. The van der Waals surface area contributed by atoms with Crippen molar-refractivity contribution in [2.45, 2.75) is 6.42 Å². The Hall–Kier alpha value is -1.78. The Morgan fingerprint density at radius 1 is 1.50 bits per heavy atom. The van der Waals surface area contributed by atoms with Gasteiger partial charge in [-0.05, 0) is 12.1 Å². The largest absolute Gasteiger partial charge is 0.496 e. The number of alkyl halides is 1. The average Bonchev–Trinajstić information content (AvgIpc) is 2.29. The summed E-state index contributed by atoms with van der Waals surface area (Å²) in [5.41, 5.74) is 6.33. The van der Waals surface area contributed by atoms with Crippen molar-refractivity contribution in [2.75, 3.05) is 26.1 Å². The summed E-state index contributed by atoms with van der Waals surface area (Å²) in [5, 5.41) is 0. The van der Waals surface area contributed by atoms with E-state index in [0.29, 0.717) is 11.4 Å². The van der Waals surface area contributed by atoms with E-state index in [1.54, 1.807) is 6.07 Å². The molecule has 16 heavy (non-hydrogen) atoms. The molecule has 0 radical (unpaired) electrons. The van der Waals surface area contributed by atoms with Crippen LogP contribution in [0.25, 0.3) is 0 Å². The molecule has 2 N–H and O–H groups in total. The lowest BCUT2D eigenvalue weighted by Crippen LogP contribution is -2.08. The van der Waals surface area contributed by atoms with Gasteiger partial charge < -0.3 is 15.2 Å². The molecule has 0 aliphatic carbocycles. The predicted molar refractivity (Wildman–Crippen MR) is 58.3 cm³/mol. The number of hydrogen-bond acceptors (Lipinski definition) is 4. The number of halogens is 1. The molecule has 1 rings (SSSR count). The summed E-state index contributed by atoms with van der Waals surface area (Å²) >= 11 is 0. The predicted octanol–water partition coefficient (Wildman–Crippen LogP) is 1.79. The molecule has 0 amide bonds. The van der Waals surface area contributed by atoms with Crippen molar-refractivity contribution < 1.29 is 18.7 Å². The van der Waals surface area contributed by atoms with Gasteiger partial charge >= 0.3 is 5.97 Å². The number of nitrogen functional groups attached to an aromatic ring is 1. The third kappa shape index (κ3) is 3.12. The van der Waals surface area contributed by atoms with E-state index in [4.69, 9.17) is 15.2 Å². The highest BCUT2D eigenvalue weighted by molar-refractivity contribution is 5.93. The Balaban J connectivity index is 2.74. The van der Waals surface area contributed by atoms with Crippen LogP contribution in [0.4, 0.5) is 10.1 Å². The minimum atomic E-state index is -0.537. The quantitative estimate of drug-likeness (QED) is 0.473. The molecule has 0 aliphatic rings. The first-order valence-corrected chi connectivity index (χ1v) is 4.85. The lowest BCUT2D eigenvalue weighted by molar-refractivity contribution is 0.0490. The highest BCUT2D eigenvalue weighted by Gasteiger charge is 2.13. The maximum atomic E-state index is 11.8. The van der Waals surface area contributed by atoms with Crippen LogP contribution in [-0.4, -0.2) is 26.4 Å². The molecule has 0 fully saturated rings. The van der Waals surface area contributed by atoms with E-state index in [-0.39, 0.29) is 18.6 Å². The molecule has 0 unspecified atom stereocenters. The molecule has 0 atom stereocenters. The summed E-state index contributed by atoms with van der Waals surface area (Å²) in [6.07, 6.45) is 0.197. The highest BCUT2D eigenvalue weighted by atomic mass is 19.1. The maximum Gasteiger partial charge on any atom is 0.341 e. The number of anilines is 1. The van der Waals surface area contributed by atoms with Crippen molar-refractivity contribution in [1.29, 1.82) is 0 Å². The van der Waals surface area contributed by atoms with Crippen molar-refractivity contribution in [3.05, 3.63) is 23.8 Å². The normalized spacial score (nSPS) is 9.88. The third-order valence-electron chi connectivity index (χ3n) is 1.96. The van der Waals surface area contributed by atoms with Crippen LogP contribution >= 0.6 is 0 Å². The first kappa shape index (κ1) is 12.3. The Morgan fingerprint density at radius 2 is 2.25 bits per heavy atom. The van der Waals surface area contributed by atoms with E-state index in [9.17, 15) is 9.18 Å². The van der Waals surface area contributed by atoms with E-state index in [1.807, 2.05) is 0 Å². The number of rotatable bonds is 5. The van der Waals surface area contributed by atoms with Crippen LogP contribution in [0.5, 0.6) is 5.75 Å². The Kier molecular flexibility index (Phi) is 4.57. The van der Waals surface area contributed by atoms with Crippen molar-refractivity contribution in [3.63, 3.8) is 0 Å². The van der Waals surface area contributed by atoms with Crippen LogP contribution < -0.4 is 10.5 Å². The van der Waals surface area contributed by atoms with Gasteiger partial charge in [0, 0.05) is 18.2 Å². The van der Waals surface area contributed by atoms with Gasteiger partial charge in [0.05, 0.1) is 20.4 Å². The molecule has 88 valence electrons. The summed E-state index contributed by atoms with van der Waals surface area (Å²) in [5.74, 6) is -0.185. The molecule has 0 saturated carbocycles. The number of hydrogen-bond donors (Lipinski definition) is 1. The molecular formula is C11H14FNO3. The molecule has 4 nitrogen and oxygen atoms in total. The molecule has 0 heterocycles. The van der Waals surface area contributed by atoms with Gasteiger partial charge in [0.1, 0.15) is 11.3 Å². The van der Waals surface area contributed by atoms with Crippen LogP contribution in [0.15, 0.2) is 18.2 Å². The zero-order chi connectivity index (χ0) is 12.0. The monoisotopic (exact) mass is 227 g/mol. The standard InChI is InChI=1S/C11H14FNO3/c1-15-10-7-8(13)3-4-9(10)11(14)16-6-2-5-12/h3-4,7H,2,5-6,13H2,1H3. The molecule has 1 aromatic rings. The molecule has 5 heteroatoms. The van der Waals surface area contributed by atoms with Crippen molar-refractivity contribution in [1.82, 2.24) is 0 Å². The molecular weight excluding hydrogens is 213 g/mol. The fourth-order valence-electron chi connectivity index (χ4n) is 1.17. The number of esters is 1. The SMILES string of the molecule is COc1cc(N)ccc1C(=O)OCCCF. The Morgan fingerprint density at radius 3 is 2.88 bits per heavy atom. The van der Waals surface area contributed by atoms with Gasteiger partial charge in [0.15, 0.2) is 0 Å². The van der Waals surface area contributed by atoms with Gasteiger partial charge in [-0.3, -0.25) is 4.39 Å². The van der Waals surface area contributed by atoms with Crippen LogP contribution in [0.1, 0.15) is 16.8 Å². The summed E-state index contributed by atoms with van der Waals surface area (Å²) in [6, 6.07) is 4.63. The number of benzene rings is 1. The topological polar surface area (TPSA) is 61.5 Å². The lowest BCUT2D eigenvalue weighted by atomic mass is 10.2. The van der Waals surface area contributed by atoms with Gasteiger partial charge in [0.25, 0.3) is 0 Å². The van der Waals surface area contributed by atoms with E-state index < -0.39 is 12.6 Å². The first-order valence-electron chi connectivity index (χ1n) is 4.85. The fourth-order valence-corrected chi connectivity index (χ4v) is 1.17. The zero-order valence-electron chi connectivity index (χ0n) is 9.03. The lowest BCUT2D eigenvalue weighted by Gasteiger charge is -2.08. The summed E-state index contributed by atoms with van der Waals surface area (Å²) in [4.78, 5) is 11.5. The van der Waals surface area contributed by atoms with Gasteiger partial charge in [0.2, 0.25) is 0 Å². The van der Waals surface area contributed by atoms with Crippen molar-refractivity contribution >= 4 is 11.7 Å². The number of carbonyl (C=O) groups is 1. The Labute approximate surface area is 93.2 Å². The van der Waals surface area contributed by atoms with E-state index >= 15 is 0 Å². The first-order chi connectivity index (χ1) is 7.69. The summed E-state index contributed by atoms with van der Waals surface area (Å²) < 4.78 is 21.7. The number of carbonyl (C=O) groups excluding carboxylic acids is 1.